The van der Waals surface area contributed by atoms with Crippen LogP contribution in [0, 0.1) is 11.3 Å². The van der Waals surface area contributed by atoms with Crippen molar-refractivity contribution in [3.05, 3.63) is 109 Å². The largest absolute Gasteiger partial charge is 0.458 e. The van der Waals surface area contributed by atoms with E-state index in [-0.39, 0.29) is 5.70 Å². The second kappa shape index (κ2) is 10.5. The van der Waals surface area contributed by atoms with Crippen LogP contribution in [0.5, 0.6) is 5.75 Å². The smallest absolute Gasteiger partial charge is 0.131 e. The van der Waals surface area contributed by atoms with Crippen LogP contribution in [0.4, 0.5) is 0 Å². The maximum Gasteiger partial charge on any atom is 0.131 e. The molecular formula is C26H26N2O. The summed E-state index contributed by atoms with van der Waals surface area (Å²) in [5.41, 5.74) is 10.9. The second-order valence-electron chi connectivity index (χ2n) is 6.38. The van der Waals surface area contributed by atoms with Gasteiger partial charge in [0.05, 0.1) is 0 Å². The van der Waals surface area contributed by atoms with Crippen molar-refractivity contribution in [3.8, 4) is 22.9 Å². The van der Waals surface area contributed by atoms with Gasteiger partial charge in [0.15, 0.2) is 0 Å². The van der Waals surface area contributed by atoms with E-state index in [0.717, 1.165) is 40.0 Å². The average Bonchev–Trinajstić information content (AvgIpc) is 2.75. The third kappa shape index (κ3) is 5.85. The number of aryl methyl sites for hydroxylation is 1. The van der Waals surface area contributed by atoms with Crippen molar-refractivity contribution in [2.75, 3.05) is 0 Å². The molecule has 3 heteroatoms. The fourth-order valence-electron chi connectivity index (χ4n) is 2.88. The number of ether oxygens (including phenoxy) is 1. The zero-order valence-corrected chi connectivity index (χ0v) is 17.0. The molecule has 3 nitrogen and oxygen atoms in total. The van der Waals surface area contributed by atoms with Gasteiger partial charge in [-0.3, -0.25) is 0 Å². The lowest BCUT2D eigenvalue weighted by Gasteiger charge is -2.13. The third-order valence-corrected chi connectivity index (χ3v) is 4.39. The number of rotatable bonds is 8. The van der Waals surface area contributed by atoms with E-state index in [1.165, 1.54) is 0 Å². The van der Waals surface area contributed by atoms with E-state index >= 15 is 0 Å². The highest BCUT2D eigenvalue weighted by Gasteiger charge is 2.08. The van der Waals surface area contributed by atoms with E-state index < -0.39 is 0 Å². The lowest BCUT2D eigenvalue weighted by Crippen LogP contribution is -1.96. The average molecular weight is 383 g/mol. The zero-order valence-electron chi connectivity index (χ0n) is 17.0. The van der Waals surface area contributed by atoms with Gasteiger partial charge < -0.3 is 10.5 Å². The molecule has 0 radical (unpaired) electrons. The summed E-state index contributed by atoms with van der Waals surface area (Å²) in [5.74, 6) is 1.34. The molecule has 0 heterocycles. The molecule has 0 saturated heterocycles. The minimum atomic E-state index is 0.178. The molecular weight excluding hydrogens is 356 g/mol. The Kier molecular flexibility index (Phi) is 7.82. The Morgan fingerprint density at radius 3 is 2.62 bits per heavy atom. The molecule has 0 aliphatic heterocycles. The molecule has 2 aromatic rings. The molecule has 0 amide bonds. The first kappa shape index (κ1) is 21.5. The molecule has 0 fully saturated rings. The Morgan fingerprint density at radius 1 is 1.21 bits per heavy atom. The Bertz CT molecular complexity index is 1030. The number of allylic oxidation sites excluding steroid dienone is 7. The quantitative estimate of drug-likeness (QED) is 0.330. The van der Waals surface area contributed by atoms with Crippen molar-refractivity contribution < 1.29 is 4.74 Å². The van der Waals surface area contributed by atoms with Gasteiger partial charge in [-0.1, -0.05) is 68.6 Å². The molecule has 2 N–H and O–H groups in total. The van der Waals surface area contributed by atoms with Crippen LogP contribution in [-0.2, 0) is 6.42 Å². The zero-order chi connectivity index (χ0) is 21.2. The minimum Gasteiger partial charge on any atom is -0.458 e. The van der Waals surface area contributed by atoms with E-state index in [9.17, 15) is 0 Å². The third-order valence-electron chi connectivity index (χ3n) is 4.39. The van der Waals surface area contributed by atoms with Crippen LogP contribution in [0.25, 0.3) is 16.7 Å². The van der Waals surface area contributed by atoms with E-state index in [1.807, 2.05) is 43.3 Å². The summed E-state index contributed by atoms with van der Waals surface area (Å²) >= 11 is 0. The summed E-state index contributed by atoms with van der Waals surface area (Å²) in [4.78, 5) is 0. The Balaban J connectivity index is 2.44. The van der Waals surface area contributed by atoms with Crippen molar-refractivity contribution >= 4 is 5.57 Å². The van der Waals surface area contributed by atoms with Gasteiger partial charge in [-0.2, -0.15) is 5.26 Å². The van der Waals surface area contributed by atoms with Gasteiger partial charge in [0.2, 0.25) is 0 Å². The monoisotopic (exact) mass is 382 g/mol. The minimum absolute atomic E-state index is 0.178. The number of hydrogen-bond donors (Lipinski definition) is 1. The maximum absolute atomic E-state index is 8.96. The van der Waals surface area contributed by atoms with E-state index in [1.54, 1.807) is 24.3 Å². The number of nitrogens with zero attached hydrogens (tertiary/aromatic N) is 1. The summed E-state index contributed by atoms with van der Waals surface area (Å²) in [5, 5.41) is 8.96. The molecule has 0 aliphatic rings. The number of hydrogen-bond acceptors (Lipinski definition) is 3. The molecule has 2 aromatic carbocycles. The molecule has 0 bridgehead atoms. The molecule has 0 atom stereocenters. The Morgan fingerprint density at radius 2 is 1.97 bits per heavy atom. The molecule has 0 saturated carbocycles. The van der Waals surface area contributed by atoms with Crippen LogP contribution in [0.15, 0.2) is 97.5 Å². The Labute approximate surface area is 173 Å². The molecule has 0 aromatic heterocycles. The van der Waals surface area contributed by atoms with E-state index in [4.69, 9.17) is 15.7 Å². The summed E-state index contributed by atoms with van der Waals surface area (Å²) in [7, 11) is 0. The first-order valence-electron chi connectivity index (χ1n) is 9.45. The van der Waals surface area contributed by atoms with Crippen molar-refractivity contribution in [1.82, 2.24) is 0 Å². The van der Waals surface area contributed by atoms with Gasteiger partial charge in [-0.15, -0.1) is 0 Å². The lowest BCUT2D eigenvalue weighted by molar-refractivity contribution is 0.442. The normalized spacial score (nSPS) is 11.9. The standard InChI is InChI=1S/C26H26N2O/c1-5-8-10-19(4)29-26-17-24(14-13-20(26)6-2)23-12-9-11-22(15-23)21(7-3)16-25(28)18-27/h5,7-17H,1,4,6,28H2,2-3H3/b10-8-,21-7+,25-16-. The van der Waals surface area contributed by atoms with Gasteiger partial charge in [0.1, 0.15) is 23.3 Å². The molecule has 0 spiro atoms. The van der Waals surface area contributed by atoms with Gasteiger partial charge in [0.25, 0.3) is 0 Å². The van der Waals surface area contributed by atoms with Crippen molar-refractivity contribution in [3.63, 3.8) is 0 Å². The second-order valence-corrected chi connectivity index (χ2v) is 6.38. The van der Waals surface area contributed by atoms with Crippen molar-refractivity contribution in [2.45, 2.75) is 20.3 Å². The first-order valence-corrected chi connectivity index (χ1v) is 9.45. The lowest BCUT2D eigenvalue weighted by atomic mass is 9.97. The van der Waals surface area contributed by atoms with Crippen LogP contribution < -0.4 is 10.5 Å². The summed E-state index contributed by atoms with van der Waals surface area (Å²) in [6.45, 7) is 11.6. The molecule has 2 rings (SSSR count). The predicted octanol–water partition coefficient (Wildman–Crippen LogP) is 6.32. The van der Waals surface area contributed by atoms with Gasteiger partial charge in [-0.25, -0.2) is 0 Å². The highest BCUT2D eigenvalue weighted by molar-refractivity contribution is 5.79. The Hall–Kier alpha value is -3.77. The topological polar surface area (TPSA) is 59.0 Å². The first-order chi connectivity index (χ1) is 14.0. The molecule has 0 aliphatic carbocycles. The van der Waals surface area contributed by atoms with Crippen LogP contribution in [0.3, 0.4) is 0 Å². The summed E-state index contributed by atoms with van der Waals surface area (Å²) in [6.07, 6.45) is 9.74. The molecule has 146 valence electrons. The molecule has 29 heavy (non-hydrogen) atoms. The number of nitriles is 1. The summed E-state index contributed by atoms with van der Waals surface area (Å²) in [6, 6.07) is 16.3. The van der Waals surface area contributed by atoms with E-state index in [2.05, 4.69) is 38.3 Å². The van der Waals surface area contributed by atoms with Gasteiger partial charge in [-0.05, 0) is 65.5 Å². The van der Waals surface area contributed by atoms with Crippen molar-refractivity contribution in [2.24, 2.45) is 5.73 Å². The maximum atomic E-state index is 8.96. The van der Waals surface area contributed by atoms with Gasteiger partial charge >= 0.3 is 0 Å². The molecule has 0 unspecified atom stereocenters. The van der Waals surface area contributed by atoms with Gasteiger partial charge in [0, 0.05) is 0 Å². The SMILES string of the molecule is C=C/C=C\C(=C)Oc1cc(-c2cccc(C(/C=C(\N)C#N)=C/C)c2)ccc1CC. The fraction of sp³-hybridized carbons (Fsp3) is 0.115. The van der Waals surface area contributed by atoms with E-state index in [0.29, 0.717) is 5.76 Å². The summed E-state index contributed by atoms with van der Waals surface area (Å²) < 4.78 is 5.96. The predicted molar refractivity (Wildman–Crippen MR) is 122 cm³/mol. The van der Waals surface area contributed by atoms with Crippen LogP contribution in [0.1, 0.15) is 25.0 Å². The van der Waals surface area contributed by atoms with Crippen LogP contribution in [0.2, 0.25) is 0 Å². The highest BCUT2D eigenvalue weighted by Crippen LogP contribution is 2.31. The van der Waals surface area contributed by atoms with Crippen LogP contribution in [-0.4, -0.2) is 0 Å². The fourth-order valence-corrected chi connectivity index (χ4v) is 2.88. The number of nitrogens with two attached hydrogens (primary N) is 1. The van der Waals surface area contributed by atoms with Crippen LogP contribution >= 0.6 is 0 Å². The number of benzene rings is 2. The highest BCUT2D eigenvalue weighted by atomic mass is 16.5. The van der Waals surface area contributed by atoms with Crippen molar-refractivity contribution in [1.29, 1.82) is 5.26 Å².